The van der Waals surface area contributed by atoms with Crippen LogP contribution in [0.1, 0.15) is 36.7 Å². The van der Waals surface area contributed by atoms with Gasteiger partial charge in [-0.05, 0) is 28.5 Å². The molecule has 2 rings (SSSR count). The van der Waals surface area contributed by atoms with Gasteiger partial charge >= 0.3 is 5.97 Å². The van der Waals surface area contributed by atoms with E-state index in [1.807, 2.05) is 18.2 Å². The highest BCUT2D eigenvalue weighted by molar-refractivity contribution is 6.06. The molecule has 2 aromatic carbocycles. The maximum Gasteiger partial charge on any atom is 0.340 e. The van der Waals surface area contributed by atoms with E-state index >= 15 is 0 Å². The maximum absolute atomic E-state index is 11.2. The number of carboxylic acids is 1. The van der Waals surface area contributed by atoms with Crippen LogP contribution in [0.5, 0.6) is 5.75 Å². The van der Waals surface area contributed by atoms with Crippen molar-refractivity contribution in [3.05, 3.63) is 41.5 Å². The Labute approximate surface area is 106 Å². The molecule has 0 amide bonds. The zero-order valence-electron chi connectivity index (χ0n) is 10.7. The van der Waals surface area contributed by atoms with Gasteiger partial charge in [0.15, 0.2) is 0 Å². The first-order valence-corrected chi connectivity index (χ1v) is 5.80. The van der Waals surface area contributed by atoms with E-state index in [2.05, 4.69) is 20.8 Å². The molecule has 0 fully saturated rings. The average Bonchev–Trinajstić information content (AvgIpc) is 2.26. The summed E-state index contributed by atoms with van der Waals surface area (Å²) in [5.74, 6) is -1.30. The molecule has 0 aromatic heterocycles. The molecule has 0 aliphatic heterocycles. The SMILES string of the molecule is CC(C)(C)c1ccc2ccc(O)c(C(=O)O)c2c1. The van der Waals surface area contributed by atoms with E-state index in [-0.39, 0.29) is 16.7 Å². The van der Waals surface area contributed by atoms with Crippen molar-refractivity contribution >= 4 is 16.7 Å². The summed E-state index contributed by atoms with van der Waals surface area (Å²) < 4.78 is 0. The average molecular weight is 244 g/mol. The Morgan fingerprint density at radius 1 is 1.11 bits per heavy atom. The van der Waals surface area contributed by atoms with Gasteiger partial charge in [0.2, 0.25) is 0 Å². The van der Waals surface area contributed by atoms with Gasteiger partial charge in [-0.25, -0.2) is 4.79 Å². The van der Waals surface area contributed by atoms with Gasteiger partial charge in [-0.2, -0.15) is 0 Å². The number of hydrogen-bond donors (Lipinski definition) is 2. The van der Waals surface area contributed by atoms with Crippen molar-refractivity contribution in [2.45, 2.75) is 26.2 Å². The molecule has 0 aliphatic rings. The minimum absolute atomic E-state index is 0.0291. The van der Waals surface area contributed by atoms with Gasteiger partial charge in [0.1, 0.15) is 11.3 Å². The second-order valence-corrected chi connectivity index (χ2v) is 5.45. The summed E-state index contributed by atoms with van der Waals surface area (Å²) in [4.78, 5) is 11.2. The van der Waals surface area contributed by atoms with Crippen LogP contribution in [0.15, 0.2) is 30.3 Å². The molecule has 0 aliphatic carbocycles. The summed E-state index contributed by atoms with van der Waals surface area (Å²) in [6, 6.07) is 8.87. The molecule has 0 atom stereocenters. The highest BCUT2D eigenvalue weighted by Crippen LogP contribution is 2.31. The van der Waals surface area contributed by atoms with Crippen LogP contribution in [0.4, 0.5) is 0 Å². The Bertz CT molecular complexity index is 621. The molecule has 2 N–H and O–H groups in total. The minimum Gasteiger partial charge on any atom is -0.507 e. The van der Waals surface area contributed by atoms with Crippen molar-refractivity contribution in [3.63, 3.8) is 0 Å². The van der Waals surface area contributed by atoms with E-state index in [1.54, 1.807) is 6.07 Å². The van der Waals surface area contributed by atoms with E-state index in [4.69, 9.17) is 0 Å². The van der Waals surface area contributed by atoms with Crippen LogP contribution >= 0.6 is 0 Å². The Kier molecular flexibility index (Phi) is 2.77. The second kappa shape index (κ2) is 4.02. The van der Waals surface area contributed by atoms with Crippen LogP contribution in [0.25, 0.3) is 10.8 Å². The van der Waals surface area contributed by atoms with Crippen LogP contribution in [-0.2, 0) is 5.41 Å². The lowest BCUT2D eigenvalue weighted by Gasteiger charge is -2.20. The molecule has 0 radical (unpaired) electrons. The molecule has 0 spiro atoms. The molecule has 0 saturated heterocycles. The fourth-order valence-corrected chi connectivity index (χ4v) is 2.00. The number of aromatic hydroxyl groups is 1. The molecule has 2 aromatic rings. The standard InChI is InChI=1S/C15H16O3/c1-15(2,3)10-6-4-9-5-7-12(16)13(14(17)18)11(9)8-10/h4-8,16H,1-3H3,(H,17,18). The van der Waals surface area contributed by atoms with Crippen LogP contribution < -0.4 is 0 Å². The largest absolute Gasteiger partial charge is 0.507 e. The van der Waals surface area contributed by atoms with Crippen molar-refractivity contribution in [2.75, 3.05) is 0 Å². The van der Waals surface area contributed by atoms with Gasteiger partial charge in [-0.3, -0.25) is 0 Å². The Hall–Kier alpha value is -2.03. The van der Waals surface area contributed by atoms with Gasteiger partial charge in [-0.15, -0.1) is 0 Å². The van der Waals surface area contributed by atoms with Crippen LogP contribution in [0.3, 0.4) is 0 Å². The van der Waals surface area contributed by atoms with E-state index in [0.29, 0.717) is 5.39 Å². The molecule has 3 heteroatoms. The molecule has 0 unspecified atom stereocenters. The third-order valence-electron chi connectivity index (χ3n) is 3.08. The fourth-order valence-electron chi connectivity index (χ4n) is 2.00. The van der Waals surface area contributed by atoms with Gasteiger partial charge < -0.3 is 10.2 Å². The van der Waals surface area contributed by atoms with Crippen molar-refractivity contribution in [1.82, 2.24) is 0 Å². The lowest BCUT2D eigenvalue weighted by Crippen LogP contribution is -2.11. The van der Waals surface area contributed by atoms with Crippen LogP contribution in [-0.4, -0.2) is 16.2 Å². The summed E-state index contributed by atoms with van der Waals surface area (Å²) in [6.07, 6.45) is 0. The zero-order valence-corrected chi connectivity index (χ0v) is 10.7. The highest BCUT2D eigenvalue weighted by atomic mass is 16.4. The van der Waals surface area contributed by atoms with Crippen LogP contribution in [0, 0.1) is 0 Å². The van der Waals surface area contributed by atoms with Crippen LogP contribution in [0.2, 0.25) is 0 Å². The monoisotopic (exact) mass is 244 g/mol. The molecule has 94 valence electrons. The number of hydrogen-bond acceptors (Lipinski definition) is 2. The number of phenols is 1. The molecule has 0 bridgehead atoms. The van der Waals surface area contributed by atoms with Gasteiger partial charge in [0.05, 0.1) is 0 Å². The molecule has 18 heavy (non-hydrogen) atoms. The van der Waals surface area contributed by atoms with E-state index < -0.39 is 5.97 Å². The number of carboxylic acid groups (broad SMARTS) is 1. The molecule has 0 heterocycles. The number of carbonyl (C=O) groups is 1. The fraction of sp³-hybridized carbons (Fsp3) is 0.267. The third kappa shape index (κ3) is 2.04. The van der Waals surface area contributed by atoms with Crippen molar-refractivity contribution < 1.29 is 15.0 Å². The number of aromatic carboxylic acids is 1. The zero-order chi connectivity index (χ0) is 13.5. The third-order valence-corrected chi connectivity index (χ3v) is 3.08. The van der Waals surface area contributed by atoms with Gasteiger partial charge in [0.25, 0.3) is 0 Å². The summed E-state index contributed by atoms with van der Waals surface area (Å²) in [6.45, 7) is 6.20. The normalized spacial score (nSPS) is 11.7. The number of benzene rings is 2. The van der Waals surface area contributed by atoms with E-state index in [0.717, 1.165) is 10.9 Å². The summed E-state index contributed by atoms with van der Waals surface area (Å²) in [5, 5.41) is 20.3. The summed E-state index contributed by atoms with van der Waals surface area (Å²) in [7, 11) is 0. The summed E-state index contributed by atoms with van der Waals surface area (Å²) in [5.41, 5.74) is 0.955. The first kappa shape index (κ1) is 12.4. The molecular formula is C15H16O3. The Balaban J connectivity index is 2.82. The lowest BCUT2D eigenvalue weighted by molar-refractivity contribution is 0.0696. The van der Waals surface area contributed by atoms with Gasteiger partial charge in [0, 0.05) is 5.39 Å². The van der Waals surface area contributed by atoms with E-state index in [1.165, 1.54) is 6.07 Å². The smallest absolute Gasteiger partial charge is 0.340 e. The van der Waals surface area contributed by atoms with Crippen molar-refractivity contribution in [2.24, 2.45) is 0 Å². The summed E-state index contributed by atoms with van der Waals surface area (Å²) >= 11 is 0. The molecular weight excluding hydrogens is 228 g/mol. The molecule has 0 saturated carbocycles. The topological polar surface area (TPSA) is 57.5 Å². The van der Waals surface area contributed by atoms with Crippen molar-refractivity contribution in [1.29, 1.82) is 0 Å². The quantitative estimate of drug-likeness (QED) is 0.806. The highest BCUT2D eigenvalue weighted by Gasteiger charge is 2.18. The first-order valence-electron chi connectivity index (χ1n) is 5.80. The molecule has 3 nitrogen and oxygen atoms in total. The number of fused-ring (bicyclic) bond motifs is 1. The lowest BCUT2D eigenvalue weighted by atomic mass is 9.85. The maximum atomic E-state index is 11.2. The Morgan fingerprint density at radius 2 is 1.72 bits per heavy atom. The number of rotatable bonds is 1. The second-order valence-electron chi connectivity index (χ2n) is 5.45. The van der Waals surface area contributed by atoms with E-state index in [9.17, 15) is 15.0 Å². The van der Waals surface area contributed by atoms with Gasteiger partial charge in [-0.1, -0.05) is 39.0 Å². The first-order chi connectivity index (χ1) is 8.30. The predicted octanol–water partition coefficient (Wildman–Crippen LogP) is 3.54. The predicted molar refractivity (Wildman–Crippen MR) is 71.3 cm³/mol. The Morgan fingerprint density at radius 3 is 2.28 bits per heavy atom. The van der Waals surface area contributed by atoms with Crippen molar-refractivity contribution in [3.8, 4) is 5.75 Å². The minimum atomic E-state index is -1.11.